The van der Waals surface area contributed by atoms with Gasteiger partial charge in [-0.3, -0.25) is 4.79 Å². The summed E-state index contributed by atoms with van der Waals surface area (Å²) < 4.78 is 30.8. The number of likely N-dealkylation sites (tertiary alicyclic amines) is 1. The number of halogens is 1. The van der Waals surface area contributed by atoms with Crippen molar-refractivity contribution in [2.45, 2.75) is 18.9 Å². The van der Waals surface area contributed by atoms with E-state index in [-0.39, 0.29) is 18.6 Å². The molecule has 1 fully saturated rings. The van der Waals surface area contributed by atoms with Gasteiger partial charge in [-0.2, -0.15) is 0 Å². The molecule has 2 aliphatic heterocycles. The first-order valence-electron chi connectivity index (χ1n) is 7.71. The summed E-state index contributed by atoms with van der Waals surface area (Å²) in [5.74, 6) is 0.644. The molecular weight excluding hydrogens is 352 g/mol. The highest BCUT2D eigenvalue weighted by molar-refractivity contribution is 7.88. The predicted molar refractivity (Wildman–Crippen MR) is 92.5 cm³/mol. The average molecular weight is 371 g/mol. The van der Waals surface area contributed by atoms with E-state index in [1.807, 2.05) is 6.08 Å². The molecular formula is C16H19ClN2O4S. The molecule has 0 atom stereocenters. The molecule has 1 aromatic carbocycles. The first-order chi connectivity index (χ1) is 11.3. The first kappa shape index (κ1) is 17.3. The second kappa shape index (κ2) is 6.74. The molecule has 1 saturated heterocycles. The predicted octanol–water partition coefficient (Wildman–Crippen LogP) is 1.66. The molecule has 3 rings (SSSR count). The molecule has 130 valence electrons. The number of benzene rings is 1. The molecule has 2 heterocycles. The number of hydrogen-bond donors (Lipinski definition) is 1. The average Bonchev–Trinajstić information content (AvgIpc) is 2.52. The molecule has 8 heteroatoms. The Hall–Kier alpha value is -1.57. The summed E-state index contributed by atoms with van der Waals surface area (Å²) in [6.45, 7) is 1.27. The van der Waals surface area contributed by atoms with Crippen LogP contribution in [0.25, 0.3) is 6.08 Å². The zero-order chi connectivity index (χ0) is 17.3. The fraction of sp³-hybridized carbons (Fsp3) is 0.438. The Balaban J connectivity index is 1.66. The third-order valence-electron chi connectivity index (χ3n) is 4.12. The van der Waals surface area contributed by atoms with E-state index >= 15 is 0 Å². The molecule has 1 amide bonds. The summed E-state index contributed by atoms with van der Waals surface area (Å²) in [5.41, 5.74) is 1.38. The highest BCUT2D eigenvalue weighted by Gasteiger charge is 2.27. The number of hydrogen-bond acceptors (Lipinski definition) is 4. The summed E-state index contributed by atoms with van der Waals surface area (Å²) in [4.78, 5) is 14.4. The Labute approximate surface area is 146 Å². The molecule has 1 aromatic rings. The van der Waals surface area contributed by atoms with Crippen molar-refractivity contribution in [3.8, 4) is 5.75 Å². The number of carbonyl (C=O) groups excluding carboxylic acids is 1. The van der Waals surface area contributed by atoms with Gasteiger partial charge in [-0.25, -0.2) is 13.1 Å². The molecule has 0 saturated carbocycles. The molecule has 0 aliphatic carbocycles. The van der Waals surface area contributed by atoms with E-state index in [9.17, 15) is 13.2 Å². The lowest BCUT2D eigenvalue weighted by Gasteiger charge is -2.33. The minimum atomic E-state index is -3.22. The van der Waals surface area contributed by atoms with Crippen molar-refractivity contribution < 1.29 is 17.9 Å². The Morgan fingerprint density at radius 2 is 2.04 bits per heavy atom. The maximum absolute atomic E-state index is 12.6. The maximum Gasteiger partial charge on any atom is 0.253 e. The van der Waals surface area contributed by atoms with Crippen LogP contribution in [-0.4, -0.2) is 51.2 Å². The van der Waals surface area contributed by atoms with E-state index in [1.54, 1.807) is 23.1 Å². The van der Waals surface area contributed by atoms with E-state index in [0.29, 0.717) is 42.3 Å². The Morgan fingerprint density at radius 3 is 2.71 bits per heavy atom. The number of sulfonamides is 1. The van der Waals surface area contributed by atoms with Gasteiger partial charge in [0.25, 0.3) is 5.91 Å². The number of carbonyl (C=O) groups is 1. The fourth-order valence-electron chi connectivity index (χ4n) is 2.98. The van der Waals surface area contributed by atoms with Crippen molar-refractivity contribution in [3.05, 3.63) is 34.4 Å². The van der Waals surface area contributed by atoms with Gasteiger partial charge in [0.2, 0.25) is 10.0 Å². The minimum absolute atomic E-state index is 0.0709. The topological polar surface area (TPSA) is 75.7 Å². The third-order valence-corrected chi connectivity index (χ3v) is 5.12. The molecule has 0 bridgehead atoms. The van der Waals surface area contributed by atoms with Crippen molar-refractivity contribution in [1.82, 2.24) is 9.62 Å². The zero-order valence-corrected chi connectivity index (χ0v) is 14.9. The van der Waals surface area contributed by atoms with Gasteiger partial charge in [0.1, 0.15) is 12.4 Å². The van der Waals surface area contributed by atoms with Crippen LogP contribution in [0.2, 0.25) is 5.02 Å². The Bertz CT molecular complexity index is 783. The molecule has 1 N–H and O–H groups in total. The van der Waals surface area contributed by atoms with Gasteiger partial charge < -0.3 is 9.64 Å². The van der Waals surface area contributed by atoms with Crippen LogP contribution in [-0.2, 0) is 14.8 Å². The normalized spacial score (nSPS) is 18.6. The van der Waals surface area contributed by atoms with Gasteiger partial charge >= 0.3 is 0 Å². The maximum atomic E-state index is 12.6. The number of nitrogens with one attached hydrogen (secondary N) is 1. The van der Waals surface area contributed by atoms with Crippen LogP contribution >= 0.6 is 11.6 Å². The van der Waals surface area contributed by atoms with Crippen molar-refractivity contribution in [1.29, 1.82) is 0 Å². The third kappa shape index (κ3) is 4.09. The van der Waals surface area contributed by atoms with Gasteiger partial charge in [0, 0.05) is 29.7 Å². The minimum Gasteiger partial charge on any atom is -0.488 e. The molecule has 0 spiro atoms. The van der Waals surface area contributed by atoms with Crippen LogP contribution in [0, 0.1) is 0 Å². The van der Waals surface area contributed by atoms with Crippen molar-refractivity contribution in [3.63, 3.8) is 0 Å². The van der Waals surface area contributed by atoms with Crippen LogP contribution in [0.3, 0.4) is 0 Å². The Morgan fingerprint density at radius 1 is 1.33 bits per heavy atom. The molecule has 6 nitrogen and oxygen atoms in total. The van der Waals surface area contributed by atoms with E-state index < -0.39 is 10.0 Å². The van der Waals surface area contributed by atoms with Crippen LogP contribution in [0.15, 0.2) is 23.8 Å². The van der Waals surface area contributed by atoms with Crippen LogP contribution in [0.1, 0.15) is 18.4 Å². The lowest BCUT2D eigenvalue weighted by molar-refractivity contribution is -0.128. The van der Waals surface area contributed by atoms with E-state index in [0.717, 1.165) is 11.8 Å². The lowest BCUT2D eigenvalue weighted by Crippen LogP contribution is -2.47. The second-order valence-corrected chi connectivity index (χ2v) is 8.31. The summed E-state index contributed by atoms with van der Waals surface area (Å²) in [6.07, 6.45) is 4.18. The van der Waals surface area contributed by atoms with E-state index in [1.165, 1.54) is 0 Å². The van der Waals surface area contributed by atoms with Gasteiger partial charge in [-0.1, -0.05) is 11.6 Å². The summed E-state index contributed by atoms with van der Waals surface area (Å²) in [6, 6.07) is 5.20. The SMILES string of the molecule is CS(=O)(=O)NC1CCN(C(=O)C2=Cc3cc(Cl)ccc3OC2)CC1. The first-order valence-corrected chi connectivity index (χ1v) is 9.98. The summed E-state index contributed by atoms with van der Waals surface area (Å²) >= 11 is 5.99. The quantitative estimate of drug-likeness (QED) is 0.877. The summed E-state index contributed by atoms with van der Waals surface area (Å²) in [5, 5.41) is 0.593. The Kier molecular flexibility index (Phi) is 4.85. The molecule has 0 unspecified atom stereocenters. The molecule has 0 aromatic heterocycles. The highest BCUT2D eigenvalue weighted by Crippen LogP contribution is 2.29. The number of ether oxygens (including phenoxy) is 1. The van der Waals surface area contributed by atoms with Gasteiger partial charge in [-0.05, 0) is 37.1 Å². The van der Waals surface area contributed by atoms with Crippen LogP contribution in [0.5, 0.6) is 5.75 Å². The van der Waals surface area contributed by atoms with Gasteiger partial charge in [-0.15, -0.1) is 0 Å². The fourth-order valence-corrected chi connectivity index (χ4v) is 4.00. The van der Waals surface area contributed by atoms with Crippen molar-refractivity contribution in [2.75, 3.05) is 26.0 Å². The molecule has 24 heavy (non-hydrogen) atoms. The van der Waals surface area contributed by atoms with Crippen LogP contribution in [0.4, 0.5) is 0 Å². The standard InChI is InChI=1S/C16H19ClN2O4S/c1-24(21,22)18-14-4-6-19(7-5-14)16(20)12-8-11-9-13(17)2-3-15(11)23-10-12/h2-3,8-9,14,18H,4-7,10H2,1H3. The van der Waals surface area contributed by atoms with Crippen LogP contribution < -0.4 is 9.46 Å². The number of amides is 1. The van der Waals surface area contributed by atoms with Gasteiger partial charge in [0.05, 0.1) is 11.8 Å². The highest BCUT2D eigenvalue weighted by atomic mass is 35.5. The van der Waals surface area contributed by atoms with E-state index in [4.69, 9.17) is 16.3 Å². The number of piperidine rings is 1. The molecule has 2 aliphatic rings. The number of rotatable bonds is 3. The second-order valence-electron chi connectivity index (χ2n) is 6.10. The lowest BCUT2D eigenvalue weighted by atomic mass is 10.0. The van der Waals surface area contributed by atoms with E-state index in [2.05, 4.69) is 4.72 Å². The molecule has 0 radical (unpaired) electrons. The monoisotopic (exact) mass is 370 g/mol. The van der Waals surface area contributed by atoms with Crippen molar-refractivity contribution >= 4 is 33.6 Å². The smallest absolute Gasteiger partial charge is 0.253 e. The number of fused-ring (bicyclic) bond motifs is 1. The van der Waals surface area contributed by atoms with Crippen molar-refractivity contribution in [2.24, 2.45) is 0 Å². The largest absolute Gasteiger partial charge is 0.488 e. The van der Waals surface area contributed by atoms with Gasteiger partial charge in [0.15, 0.2) is 0 Å². The zero-order valence-electron chi connectivity index (χ0n) is 13.3. The number of nitrogens with zero attached hydrogens (tertiary/aromatic N) is 1. The summed E-state index contributed by atoms with van der Waals surface area (Å²) in [7, 11) is -3.22.